The zero-order chi connectivity index (χ0) is 10.8. The summed E-state index contributed by atoms with van der Waals surface area (Å²) in [7, 11) is 1.67. The zero-order valence-corrected chi connectivity index (χ0v) is 10.1. The van der Waals surface area contributed by atoms with Crippen molar-refractivity contribution in [1.82, 2.24) is 4.98 Å². The van der Waals surface area contributed by atoms with Gasteiger partial charge in [-0.15, -0.1) is 0 Å². The molecule has 1 saturated carbocycles. The van der Waals surface area contributed by atoms with Crippen LogP contribution in [0.25, 0.3) is 0 Å². The molecule has 1 aliphatic carbocycles. The Balaban J connectivity index is 2.13. The first-order valence-corrected chi connectivity index (χ1v) is 6.33. The highest BCUT2D eigenvalue weighted by atomic mass is 32.1. The SMILES string of the molecule is COc1nc(C2CC(N)CCC2C)cs1. The van der Waals surface area contributed by atoms with E-state index in [9.17, 15) is 0 Å². The molecule has 3 atom stereocenters. The van der Waals surface area contributed by atoms with E-state index in [0.717, 1.165) is 18.0 Å². The maximum Gasteiger partial charge on any atom is 0.273 e. The van der Waals surface area contributed by atoms with Crippen molar-refractivity contribution in [2.24, 2.45) is 11.7 Å². The molecular weight excluding hydrogens is 208 g/mol. The molecule has 1 aromatic heterocycles. The van der Waals surface area contributed by atoms with Crippen molar-refractivity contribution in [2.75, 3.05) is 7.11 Å². The number of hydrogen-bond acceptors (Lipinski definition) is 4. The summed E-state index contributed by atoms with van der Waals surface area (Å²) in [6.07, 6.45) is 3.43. The smallest absolute Gasteiger partial charge is 0.273 e. The van der Waals surface area contributed by atoms with Crippen molar-refractivity contribution in [3.8, 4) is 5.19 Å². The first-order valence-electron chi connectivity index (χ1n) is 5.45. The summed E-state index contributed by atoms with van der Waals surface area (Å²) in [5.41, 5.74) is 7.17. The number of nitrogens with two attached hydrogens (primary N) is 1. The Bertz CT molecular complexity index is 326. The maximum absolute atomic E-state index is 6.01. The lowest BCUT2D eigenvalue weighted by Crippen LogP contribution is -2.31. The topological polar surface area (TPSA) is 48.1 Å². The molecule has 3 nitrogen and oxygen atoms in total. The van der Waals surface area contributed by atoms with E-state index >= 15 is 0 Å². The van der Waals surface area contributed by atoms with E-state index in [0.29, 0.717) is 17.9 Å². The van der Waals surface area contributed by atoms with Gasteiger partial charge in [-0.25, -0.2) is 4.98 Å². The van der Waals surface area contributed by atoms with Crippen LogP contribution in [0.15, 0.2) is 5.38 Å². The van der Waals surface area contributed by atoms with Crippen molar-refractivity contribution in [3.63, 3.8) is 0 Å². The largest absolute Gasteiger partial charge is 0.473 e. The van der Waals surface area contributed by atoms with Gasteiger partial charge < -0.3 is 10.5 Å². The molecule has 0 saturated heterocycles. The predicted molar refractivity (Wildman–Crippen MR) is 62.4 cm³/mol. The Morgan fingerprint density at radius 2 is 2.33 bits per heavy atom. The minimum atomic E-state index is 0.346. The molecule has 0 spiro atoms. The van der Waals surface area contributed by atoms with Crippen LogP contribution in [-0.2, 0) is 0 Å². The molecule has 1 aliphatic rings. The van der Waals surface area contributed by atoms with Gasteiger partial charge in [-0.1, -0.05) is 18.3 Å². The van der Waals surface area contributed by atoms with Crippen molar-refractivity contribution >= 4 is 11.3 Å². The van der Waals surface area contributed by atoms with Gasteiger partial charge in [0.2, 0.25) is 0 Å². The number of aromatic nitrogens is 1. The van der Waals surface area contributed by atoms with Crippen LogP contribution in [0, 0.1) is 5.92 Å². The van der Waals surface area contributed by atoms with Crippen LogP contribution in [0.5, 0.6) is 5.19 Å². The quantitative estimate of drug-likeness (QED) is 0.842. The number of rotatable bonds is 2. The van der Waals surface area contributed by atoms with Crippen LogP contribution >= 0.6 is 11.3 Å². The molecule has 0 aliphatic heterocycles. The van der Waals surface area contributed by atoms with E-state index in [-0.39, 0.29) is 0 Å². The van der Waals surface area contributed by atoms with Crippen LogP contribution in [-0.4, -0.2) is 18.1 Å². The molecule has 84 valence electrons. The fourth-order valence-electron chi connectivity index (χ4n) is 2.30. The average molecular weight is 226 g/mol. The second-order valence-corrected chi connectivity index (χ2v) is 5.22. The molecule has 0 radical (unpaired) electrons. The van der Waals surface area contributed by atoms with Gasteiger partial charge >= 0.3 is 0 Å². The average Bonchev–Trinajstić information content (AvgIpc) is 2.70. The third-order valence-corrected chi connectivity index (χ3v) is 4.11. The monoisotopic (exact) mass is 226 g/mol. The van der Waals surface area contributed by atoms with E-state index in [1.54, 1.807) is 18.4 Å². The lowest BCUT2D eigenvalue weighted by atomic mass is 9.77. The Morgan fingerprint density at radius 1 is 1.53 bits per heavy atom. The molecule has 15 heavy (non-hydrogen) atoms. The lowest BCUT2D eigenvalue weighted by molar-refractivity contribution is 0.294. The minimum Gasteiger partial charge on any atom is -0.473 e. The molecular formula is C11H18N2OS. The summed E-state index contributed by atoms with van der Waals surface area (Å²) in [5, 5.41) is 2.87. The highest BCUT2D eigenvalue weighted by Crippen LogP contribution is 2.38. The number of thiazole rings is 1. The molecule has 0 amide bonds. The second kappa shape index (κ2) is 4.49. The molecule has 1 fully saturated rings. The molecule has 2 N–H and O–H groups in total. The number of nitrogens with zero attached hydrogens (tertiary/aromatic N) is 1. The predicted octanol–water partition coefficient (Wildman–Crippen LogP) is 2.38. The van der Waals surface area contributed by atoms with Gasteiger partial charge in [-0.05, 0) is 25.2 Å². The molecule has 3 unspecified atom stereocenters. The Labute approximate surface area is 94.7 Å². The van der Waals surface area contributed by atoms with E-state index in [1.807, 2.05) is 0 Å². The maximum atomic E-state index is 6.01. The minimum absolute atomic E-state index is 0.346. The third-order valence-electron chi connectivity index (χ3n) is 3.29. The van der Waals surface area contributed by atoms with Gasteiger partial charge in [0.15, 0.2) is 0 Å². The van der Waals surface area contributed by atoms with Crippen molar-refractivity contribution in [3.05, 3.63) is 11.1 Å². The highest BCUT2D eigenvalue weighted by molar-refractivity contribution is 7.11. The molecule has 0 bridgehead atoms. The van der Waals surface area contributed by atoms with Gasteiger partial charge in [0.1, 0.15) is 0 Å². The van der Waals surface area contributed by atoms with E-state index in [2.05, 4.69) is 17.3 Å². The van der Waals surface area contributed by atoms with Crippen LogP contribution in [0.1, 0.15) is 37.8 Å². The van der Waals surface area contributed by atoms with Gasteiger partial charge in [0.25, 0.3) is 5.19 Å². The Hall–Kier alpha value is -0.610. The normalized spacial score (nSPS) is 31.5. The van der Waals surface area contributed by atoms with Gasteiger partial charge in [0, 0.05) is 17.3 Å². The van der Waals surface area contributed by atoms with E-state index < -0.39 is 0 Å². The summed E-state index contributed by atoms with van der Waals surface area (Å²) in [6, 6.07) is 0.346. The molecule has 1 aromatic rings. The van der Waals surface area contributed by atoms with Crippen molar-refractivity contribution in [2.45, 2.75) is 38.1 Å². The van der Waals surface area contributed by atoms with Crippen molar-refractivity contribution < 1.29 is 4.74 Å². The first-order chi connectivity index (χ1) is 7.20. The van der Waals surface area contributed by atoms with Crippen LogP contribution in [0.3, 0.4) is 0 Å². The number of hydrogen-bond donors (Lipinski definition) is 1. The van der Waals surface area contributed by atoms with Gasteiger partial charge in [-0.2, -0.15) is 0 Å². The molecule has 2 rings (SSSR count). The Morgan fingerprint density at radius 3 is 3.00 bits per heavy atom. The summed E-state index contributed by atoms with van der Waals surface area (Å²) in [5.74, 6) is 1.21. The second-order valence-electron chi connectivity index (χ2n) is 4.40. The fraction of sp³-hybridized carbons (Fsp3) is 0.727. The van der Waals surface area contributed by atoms with Gasteiger partial charge in [0.05, 0.1) is 12.8 Å². The summed E-state index contributed by atoms with van der Waals surface area (Å²) < 4.78 is 5.12. The molecule has 4 heteroatoms. The molecule has 0 aromatic carbocycles. The summed E-state index contributed by atoms with van der Waals surface area (Å²) in [4.78, 5) is 4.48. The van der Waals surface area contributed by atoms with Gasteiger partial charge in [-0.3, -0.25) is 0 Å². The van der Waals surface area contributed by atoms with Crippen molar-refractivity contribution in [1.29, 1.82) is 0 Å². The molecule has 1 heterocycles. The summed E-state index contributed by atoms with van der Waals surface area (Å²) >= 11 is 1.57. The van der Waals surface area contributed by atoms with E-state index in [1.165, 1.54) is 12.1 Å². The van der Waals surface area contributed by atoms with Crippen LogP contribution in [0.4, 0.5) is 0 Å². The van der Waals surface area contributed by atoms with Crippen LogP contribution < -0.4 is 10.5 Å². The highest BCUT2D eigenvalue weighted by Gasteiger charge is 2.28. The first kappa shape index (κ1) is 10.9. The lowest BCUT2D eigenvalue weighted by Gasteiger charge is -2.31. The zero-order valence-electron chi connectivity index (χ0n) is 9.27. The van der Waals surface area contributed by atoms with Crippen LogP contribution in [0.2, 0.25) is 0 Å². The summed E-state index contributed by atoms with van der Waals surface area (Å²) in [6.45, 7) is 2.29. The number of ether oxygens (including phenoxy) is 1. The fourth-order valence-corrected chi connectivity index (χ4v) is 3.00. The standard InChI is InChI=1S/C11H18N2OS/c1-7-3-4-8(12)5-9(7)10-6-15-11(13-10)14-2/h6-9H,3-5,12H2,1-2H3. The third kappa shape index (κ3) is 2.32. The number of methoxy groups -OCH3 is 1. The van der Waals surface area contributed by atoms with E-state index in [4.69, 9.17) is 10.5 Å². The Kier molecular flexibility index (Phi) is 3.26.